The zero-order chi connectivity index (χ0) is 16.4. The number of benzene rings is 3. The van der Waals surface area contributed by atoms with Gasteiger partial charge in [0.2, 0.25) is 0 Å². The van der Waals surface area contributed by atoms with Crippen LogP contribution in [0.3, 0.4) is 0 Å². The molecule has 0 saturated heterocycles. The Bertz CT molecular complexity index is 887. The summed E-state index contributed by atoms with van der Waals surface area (Å²) in [6.45, 7) is 1.88. The molecule has 0 aliphatic rings. The SMILES string of the molecule is COc1ccc(C(=O)Nc2ccc(C)cc2O)c2ccccc12. The lowest BCUT2D eigenvalue weighted by Gasteiger charge is -2.12. The van der Waals surface area contributed by atoms with E-state index in [-0.39, 0.29) is 11.7 Å². The maximum atomic E-state index is 12.6. The summed E-state index contributed by atoms with van der Waals surface area (Å²) in [6.07, 6.45) is 0. The average molecular weight is 307 g/mol. The molecule has 0 aliphatic carbocycles. The van der Waals surface area contributed by atoms with Gasteiger partial charge in [0.05, 0.1) is 12.8 Å². The van der Waals surface area contributed by atoms with Gasteiger partial charge < -0.3 is 15.2 Å². The van der Waals surface area contributed by atoms with Crippen LogP contribution >= 0.6 is 0 Å². The Hall–Kier alpha value is -3.01. The molecule has 0 unspecified atom stereocenters. The van der Waals surface area contributed by atoms with E-state index in [1.54, 1.807) is 31.4 Å². The molecule has 116 valence electrons. The van der Waals surface area contributed by atoms with E-state index in [1.165, 1.54) is 0 Å². The van der Waals surface area contributed by atoms with Crippen molar-refractivity contribution in [1.82, 2.24) is 0 Å². The highest BCUT2D eigenvalue weighted by Crippen LogP contribution is 2.30. The monoisotopic (exact) mass is 307 g/mol. The quantitative estimate of drug-likeness (QED) is 0.716. The Kier molecular flexibility index (Phi) is 3.89. The van der Waals surface area contributed by atoms with Gasteiger partial charge in [-0.15, -0.1) is 0 Å². The molecular formula is C19H17NO3. The van der Waals surface area contributed by atoms with Crippen LogP contribution in [0.15, 0.2) is 54.6 Å². The number of ether oxygens (including phenoxy) is 1. The molecule has 0 saturated carbocycles. The van der Waals surface area contributed by atoms with Crippen molar-refractivity contribution in [3.05, 3.63) is 65.7 Å². The fourth-order valence-electron chi connectivity index (χ4n) is 2.58. The van der Waals surface area contributed by atoms with Crippen molar-refractivity contribution >= 4 is 22.4 Å². The molecule has 0 atom stereocenters. The number of aryl methyl sites for hydroxylation is 1. The standard InChI is InChI=1S/C19H17NO3/c1-12-7-9-16(17(21)11-12)20-19(22)15-8-10-18(23-2)14-6-4-3-5-13(14)15/h3-11,21H,1-2H3,(H,20,22). The fourth-order valence-corrected chi connectivity index (χ4v) is 2.58. The first-order valence-corrected chi connectivity index (χ1v) is 7.27. The van der Waals surface area contributed by atoms with E-state index in [1.807, 2.05) is 37.3 Å². The van der Waals surface area contributed by atoms with E-state index in [2.05, 4.69) is 5.32 Å². The number of phenolic OH excluding ortho intramolecular Hbond substituents is 1. The Labute approximate surface area is 134 Å². The number of carbonyl (C=O) groups is 1. The first-order valence-electron chi connectivity index (χ1n) is 7.27. The number of aromatic hydroxyl groups is 1. The van der Waals surface area contributed by atoms with Gasteiger partial charge in [-0.25, -0.2) is 0 Å². The van der Waals surface area contributed by atoms with Gasteiger partial charge >= 0.3 is 0 Å². The normalized spacial score (nSPS) is 10.5. The summed E-state index contributed by atoms with van der Waals surface area (Å²) in [5.41, 5.74) is 1.84. The van der Waals surface area contributed by atoms with Crippen molar-refractivity contribution in [2.45, 2.75) is 6.92 Å². The predicted molar refractivity (Wildman–Crippen MR) is 91.3 cm³/mol. The van der Waals surface area contributed by atoms with Crippen molar-refractivity contribution in [2.75, 3.05) is 12.4 Å². The molecule has 0 spiro atoms. The minimum absolute atomic E-state index is 0.0520. The minimum atomic E-state index is -0.275. The fraction of sp³-hybridized carbons (Fsp3) is 0.105. The number of nitrogens with one attached hydrogen (secondary N) is 1. The average Bonchev–Trinajstić information content (AvgIpc) is 2.56. The number of hydrogen-bond acceptors (Lipinski definition) is 3. The van der Waals surface area contributed by atoms with Gasteiger partial charge in [0.25, 0.3) is 5.91 Å². The van der Waals surface area contributed by atoms with Gasteiger partial charge in [-0.2, -0.15) is 0 Å². The van der Waals surface area contributed by atoms with Crippen molar-refractivity contribution in [2.24, 2.45) is 0 Å². The molecule has 1 amide bonds. The molecule has 3 rings (SSSR count). The van der Waals surface area contributed by atoms with Crippen LogP contribution in [0, 0.1) is 6.92 Å². The number of amides is 1. The summed E-state index contributed by atoms with van der Waals surface area (Å²) < 4.78 is 5.34. The zero-order valence-electron chi connectivity index (χ0n) is 13.0. The summed E-state index contributed by atoms with van der Waals surface area (Å²) >= 11 is 0. The predicted octanol–water partition coefficient (Wildman–Crippen LogP) is 4.11. The smallest absolute Gasteiger partial charge is 0.256 e. The zero-order valence-corrected chi connectivity index (χ0v) is 13.0. The van der Waals surface area contributed by atoms with Gasteiger partial charge in [-0.1, -0.05) is 30.3 Å². The van der Waals surface area contributed by atoms with Crippen LogP contribution in [0.25, 0.3) is 10.8 Å². The van der Waals surface area contributed by atoms with E-state index in [9.17, 15) is 9.90 Å². The maximum absolute atomic E-state index is 12.6. The van der Waals surface area contributed by atoms with Crippen molar-refractivity contribution in [3.63, 3.8) is 0 Å². The highest BCUT2D eigenvalue weighted by Gasteiger charge is 2.14. The highest BCUT2D eigenvalue weighted by atomic mass is 16.5. The molecular weight excluding hydrogens is 290 g/mol. The maximum Gasteiger partial charge on any atom is 0.256 e. The van der Waals surface area contributed by atoms with E-state index in [4.69, 9.17) is 4.74 Å². The largest absolute Gasteiger partial charge is 0.506 e. The molecule has 0 bridgehead atoms. The molecule has 2 N–H and O–H groups in total. The lowest BCUT2D eigenvalue weighted by Crippen LogP contribution is -2.12. The van der Waals surface area contributed by atoms with Gasteiger partial charge in [0, 0.05) is 10.9 Å². The van der Waals surface area contributed by atoms with E-state index >= 15 is 0 Å². The van der Waals surface area contributed by atoms with Gasteiger partial charge in [-0.05, 0) is 42.1 Å². The molecule has 3 aromatic carbocycles. The molecule has 4 heteroatoms. The Morgan fingerprint density at radius 3 is 2.48 bits per heavy atom. The molecule has 4 nitrogen and oxygen atoms in total. The van der Waals surface area contributed by atoms with Crippen molar-refractivity contribution in [3.8, 4) is 11.5 Å². The molecule has 0 aliphatic heterocycles. The van der Waals surface area contributed by atoms with Crippen molar-refractivity contribution < 1.29 is 14.6 Å². The summed E-state index contributed by atoms with van der Waals surface area (Å²) in [5.74, 6) is 0.495. The minimum Gasteiger partial charge on any atom is -0.506 e. The van der Waals surface area contributed by atoms with Crippen LogP contribution in [-0.4, -0.2) is 18.1 Å². The molecule has 3 aromatic rings. The number of rotatable bonds is 3. The number of carbonyl (C=O) groups excluding carboxylic acids is 1. The number of methoxy groups -OCH3 is 1. The number of hydrogen-bond donors (Lipinski definition) is 2. The Balaban J connectivity index is 2.01. The van der Waals surface area contributed by atoms with E-state index in [0.717, 1.165) is 22.1 Å². The Morgan fingerprint density at radius 1 is 1.04 bits per heavy atom. The molecule has 0 aromatic heterocycles. The summed E-state index contributed by atoms with van der Waals surface area (Å²) in [7, 11) is 1.60. The molecule has 0 heterocycles. The molecule has 0 fully saturated rings. The van der Waals surface area contributed by atoms with Gasteiger partial charge in [-0.3, -0.25) is 4.79 Å². The van der Waals surface area contributed by atoms with Crippen LogP contribution in [0.4, 0.5) is 5.69 Å². The molecule has 23 heavy (non-hydrogen) atoms. The summed E-state index contributed by atoms with van der Waals surface area (Å²) in [4.78, 5) is 12.6. The topological polar surface area (TPSA) is 58.6 Å². The number of fused-ring (bicyclic) bond motifs is 1. The van der Waals surface area contributed by atoms with Gasteiger partial charge in [0.1, 0.15) is 11.5 Å². The van der Waals surface area contributed by atoms with Gasteiger partial charge in [0.15, 0.2) is 0 Å². The second-order valence-electron chi connectivity index (χ2n) is 5.34. The van der Waals surface area contributed by atoms with E-state index < -0.39 is 0 Å². The third-order valence-electron chi connectivity index (χ3n) is 3.75. The second-order valence-corrected chi connectivity index (χ2v) is 5.34. The van der Waals surface area contributed by atoms with Crippen LogP contribution in [-0.2, 0) is 0 Å². The van der Waals surface area contributed by atoms with E-state index in [0.29, 0.717) is 11.3 Å². The van der Waals surface area contributed by atoms with Crippen LogP contribution < -0.4 is 10.1 Å². The van der Waals surface area contributed by atoms with Crippen LogP contribution in [0.1, 0.15) is 15.9 Å². The third-order valence-corrected chi connectivity index (χ3v) is 3.75. The lowest BCUT2D eigenvalue weighted by atomic mass is 10.0. The Morgan fingerprint density at radius 2 is 1.78 bits per heavy atom. The molecule has 0 radical (unpaired) electrons. The summed E-state index contributed by atoms with van der Waals surface area (Å²) in [5, 5.41) is 14.4. The van der Waals surface area contributed by atoms with Crippen LogP contribution in [0.2, 0.25) is 0 Å². The van der Waals surface area contributed by atoms with Crippen molar-refractivity contribution in [1.29, 1.82) is 0 Å². The van der Waals surface area contributed by atoms with Crippen LogP contribution in [0.5, 0.6) is 11.5 Å². The third kappa shape index (κ3) is 2.83. The highest BCUT2D eigenvalue weighted by molar-refractivity contribution is 6.14. The number of anilines is 1. The first kappa shape index (κ1) is 14.9. The summed E-state index contributed by atoms with van der Waals surface area (Å²) in [6, 6.07) is 16.2. The number of phenols is 1. The first-order chi connectivity index (χ1) is 11.1. The lowest BCUT2D eigenvalue weighted by molar-refractivity contribution is 0.102. The second kappa shape index (κ2) is 6.01.